The van der Waals surface area contributed by atoms with Gasteiger partial charge >= 0.3 is 5.97 Å². The minimum atomic E-state index is -0.216. The quantitative estimate of drug-likeness (QED) is 0.319. The predicted molar refractivity (Wildman–Crippen MR) is 111 cm³/mol. The average Bonchev–Trinajstić information content (AvgIpc) is 2.99. The Morgan fingerprint density at radius 3 is 2.71 bits per heavy atom. The van der Waals surface area contributed by atoms with Crippen molar-refractivity contribution < 1.29 is 19.0 Å². The fourth-order valence-electron chi connectivity index (χ4n) is 4.39. The third kappa shape index (κ3) is 4.06. The highest BCUT2D eigenvalue weighted by atomic mass is 16.6. The summed E-state index contributed by atoms with van der Waals surface area (Å²) in [5, 5.41) is 0. The molecular formula is C24H34O4. The summed E-state index contributed by atoms with van der Waals surface area (Å²) in [6.07, 6.45) is 11.6. The van der Waals surface area contributed by atoms with Crippen LogP contribution in [0.25, 0.3) is 0 Å². The van der Waals surface area contributed by atoms with Crippen LogP contribution in [0.3, 0.4) is 0 Å². The number of fused-ring (bicyclic) bond motifs is 3. The van der Waals surface area contributed by atoms with E-state index in [0.717, 1.165) is 50.0 Å². The molecule has 0 N–H and O–H groups in total. The molecule has 3 rings (SSSR count). The summed E-state index contributed by atoms with van der Waals surface area (Å²) in [6, 6.07) is 4.19. The van der Waals surface area contributed by atoms with Crippen molar-refractivity contribution in [3.05, 3.63) is 35.4 Å². The molecule has 2 aliphatic rings. The van der Waals surface area contributed by atoms with E-state index >= 15 is 0 Å². The summed E-state index contributed by atoms with van der Waals surface area (Å²) >= 11 is 0. The Balaban J connectivity index is 1.79. The van der Waals surface area contributed by atoms with Crippen LogP contribution in [0, 0.1) is 0 Å². The van der Waals surface area contributed by atoms with Gasteiger partial charge in [-0.15, -0.1) is 0 Å². The number of unbranched alkanes of at least 4 members (excludes halogenated alkanes) is 3. The number of carbonyl (C=O) groups excluding carboxylic acids is 1. The van der Waals surface area contributed by atoms with E-state index in [1.807, 2.05) is 6.07 Å². The molecule has 1 aliphatic heterocycles. The third-order valence-electron chi connectivity index (χ3n) is 6.07. The monoisotopic (exact) mass is 386 g/mol. The van der Waals surface area contributed by atoms with Gasteiger partial charge in [0.15, 0.2) is 11.5 Å². The molecule has 1 aromatic carbocycles. The maximum Gasteiger partial charge on any atom is 0.306 e. The van der Waals surface area contributed by atoms with E-state index in [2.05, 4.69) is 39.0 Å². The molecule has 154 valence electrons. The summed E-state index contributed by atoms with van der Waals surface area (Å²) < 4.78 is 17.7. The van der Waals surface area contributed by atoms with Gasteiger partial charge in [0.2, 0.25) is 0 Å². The highest BCUT2D eigenvalue weighted by Crippen LogP contribution is 2.53. The Labute approximate surface area is 169 Å². The van der Waals surface area contributed by atoms with Crippen molar-refractivity contribution in [1.82, 2.24) is 0 Å². The van der Waals surface area contributed by atoms with Crippen LogP contribution in [-0.2, 0) is 21.4 Å². The number of rotatable bonds is 9. The largest absolute Gasteiger partial charge is 0.493 e. The van der Waals surface area contributed by atoms with Gasteiger partial charge in [0.1, 0.15) is 12.2 Å². The molecule has 0 radical (unpaired) electrons. The first kappa shape index (κ1) is 20.8. The van der Waals surface area contributed by atoms with E-state index in [0.29, 0.717) is 12.8 Å². The third-order valence-corrected chi connectivity index (χ3v) is 6.07. The number of hydrogen-bond acceptors (Lipinski definition) is 4. The van der Waals surface area contributed by atoms with Gasteiger partial charge in [0.05, 0.1) is 12.5 Å². The molecule has 0 spiro atoms. The number of methoxy groups -OCH3 is 1. The number of carbonyl (C=O) groups is 1. The van der Waals surface area contributed by atoms with Gasteiger partial charge in [-0.3, -0.25) is 4.79 Å². The molecule has 1 heterocycles. The van der Waals surface area contributed by atoms with Gasteiger partial charge in [0, 0.05) is 18.4 Å². The number of hydrogen-bond donors (Lipinski definition) is 0. The Hall–Kier alpha value is -1.97. The zero-order valence-corrected chi connectivity index (χ0v) is 17.8. The lowest BCUT2D eigenvalue weighted by atomic mass is 9.71. The second-order valence-electron chi connectivity index (χ2n) is 8.20. The molecule has 0 amide bonds. The van der Waals surface area contributed by atoms with Crippen LogP contribution in [0.2, 0.25) is 0 Å². The maximum atomic E-state index is 12.1. The molecule has 0 unspecified atom stereocenters. The highest BCUT2D eigenvalue weighted by Gasteiger charge is 2.49. The van der Waals surface area contributed by atoms with Gasteiger partial charge in [-0.05, 0) is 43.9 Å². The van der Waals surface area contributed by atoms with Crippen LogP contribution in [0.5, 0.6) is 11.5 Å². The van der Waals surface area contributed by atoms with Crippen LogP contribution >= 0.6 is 0 Å². The zero-order chi connectivity index (χ0) is 20.1. The molecule has 0 saturated heterocycles. The lowest BCUT2D eigenvalue weighted by Crippen LogP contribution is -2.41. The number of benzene rings is 1. The topological polar surface area (TPSA) is 44.8 Å². The summed E-state index contributed by atoms with van der Waals surface area (Å²) in [5.41, 5.74) is 2.37. The lowest BCUT2D eigenvalue weighted by Gasteiger charge is -2.34. The Morgan fingerprint density at radius 2 is 2.00 bits per heavy atom. The molecule has 0 fully saturated rings. The van der Waals surface area contributed by atoms with Gasteiger partial charge in [-0.1, -0.05) is 45.3 Å². The van der Waals surface area contributed by atoms with Crippen molar-refractivity contribution in [2.24, 2.45) is 0 Å². The van der Waals surface area contributed by atoms with E-state index in [1.54, 1.807) is 7.11 Å². The second kappa shape index (κ2) is 9.02. The van der Waals surface area contributed by atoms with Crippen molar-refractivity contribution in [1.29, 1.82) is 0 Å². The van der Waals surface area contributed by atoms with Crippen molar-refractivity contribution in [2.75, 3.05) is 7.11 Å². The minimum Gasteiger partial charge on any atom is -0.493 e. The van der Waals surface area contributed by atoms with Crippen molar-refractivity contribution in [3.63, 3.8) is 0 Å². The Bertz CT molecular complexity index is 724. The van der Waals surface area contributed by atoms with Crippen LogP contribution in [-0.4, -0.2) is 25.3 Å². The zero-order valence-electron chi connectivity index (χ0n) is 17.8. The molecule has 0 bridgehead atoms. The van der Waals surface area contributed by atoms with Crippen LogP contribution in [0.1, 0.15) is 76.8 Å². The lowest BCUT2D eigenvalue weighted by molar-refractivity contribution is -0.148. The van der Waals surface area contributed by atoms with Crippen LogP contribution in [0.4, 0.5) is 0 Å². The Kier molecular flexibility index (Phi) is 6.69. The van der Waals surface area contributed by atoms with Crippen molar-refractivity contribution in [3.8, 4) is 11.5 Å². The van der Waals surface area contributed by atoms with E-state index in [1.165, 1.54) is 11.1 Å². The minimum absolute atomic E-state index is 0.0439. The number of ether oxygens (including phenoxy) is 3. The van der Waals surface area contributed by atoms with E-state index < -0.39 is 0 Å². The van der Waals surface area contributed by atoms with Crippen LogP contribution in [0.15, 0.2) is 24.3 Å². The smallest absolute Gasteiger partial charge is 0.306 e. The standard InChI is InChI=1S/C24H34O4/c1-5-7-9-11-21(25)27-18-14-15-24(3)20(16-18)28-23-19(26-4)13-12-17(22(23)24)10-8-6-2/h12-15,18,20H,5-11,16H2,1-4H3/t18-,20-,24+/m0/s1. The first-order chi connectivity index (χ1) is 13.5. The van der Waals surface area contributed by atoms with E-state index in [4.69, 9.17) is 14.2 Å². The molecule has 0 aromatic heterocycles. The first-order valence-corrected chi connectivity index (χ1v) is 10.8. The number of esters is 1. The van der Waals surface area contributed by atoms with Gasteiger partial charge in [-0.2, -0.15) is 0 Å². The summed E-state index contributed by atoms with van der Waals surface area (Å²) in [4.78, 5) is 12.1. The van der Waals surface area contributed by atoms with Crippen molar-refractivity contribution >= 4 is 5.97 Å². The van der Waals surface area contributed by atoms with Crippen molar-refractivity contribution in [2.45, 2.75) is 89.8 Å². The second-order valence-corrected chi connectivity index (χ2v) is 8.20. The molecule has 3 atom stereocenters. The van der Waals surface area contributed by atoms with Gasteiger partial charge in [0.25, 0.3) is 0 Å². The summed E-state index contributed by atoms with van der Waals surface area (Å²) in [7, 11) is 1.69. The highest BCUT2D eigenvalue weighted by molar-refractivity contribution is 5.70. The van der Waals surface area contributed by atoms with E-state index in [9.17, 15) is 4.79 Å². The van der Waals surface area contributed by atoms with Gasteiger partial charge in [-0.25, -0.2) is 0 Å². The summed E-state index contributed by atoms with van der Waals surface area (Å²) in [5.74, 6) is 1.54. The SMILES string of the molecule is CCCCCC(=O)O[C@H]1C=C[C@@]2(C)c3c(CCCC)ccc(OC)c3O[C@H]2C1. The molecule has 4 heteroatoms. The molecule has 28 heavy (non-hydrogen) atoms. The summed E-state index contributed by atoms with van der Waals surface area (Å²) in [6.45, 7) is 6.58. The first-order valence-electron chi connectivity index (χ1n) is 10.8. The normalized spacial score (nSPS) is 25.0. The average molecular weight is 387 g/mol. The molecule has 4 nitrogen and oxygen atoms in total. The molecule has 0 saturated carbocycles. The Morgan fingerprint density at radius 1 is 1.21 bits per heavy atom. The maximum absolute atomic E-state index is 12.1. The number of aryl methyl sites for hydroxylation is 1. The fourth-order valence-corrected chi connectivity index (χ4v) is 4.39. The van der Waals surface area contributed by atoms with E-state index in [-0.39, 0.29) is 23.6 Å². The fraction of sp³-hybridized carbons (Fsp3) is 0.625. The molecular weight excluding hydrogens is 352 g/mol. The predicted octanol–water partition coefficient (Wildman–Crippen LogP) is 5.51. The van der Waals surface area contributed by atoms with Gasteiger partial charge < -0.3 is 14.2 Å². The molecule has 1 aliphatic carbocycles. The molecule has 1 aromatic rings. The van der Waals surface area contributed by atoms with Crippen LogP contribution < -0.4 is 9.47 Å².